The van der Waals surface area contributed by atoms with Crippen molar-refractivity contribution in [1.82, 2.24) is 4.90 Å². The number of nitrogens with two attached hydrogens (primary N) is 1. The third-order valence-corrected chi connectivity index (χ3v) is 10.6. The average molecular weight is 685 g/mol. The summed E-state index contributed by atoms with van der Waals surface area (Å²) in [5.41, 5.74) is 2.61. The molecule has 5 aliphatic rings. The highest BCUT2D eigenvalue weighted by molar-refractivity contribution is 6.25. The number of para-hydroxylation sites is 1. The topological polar surface area (TPSA) is 219 Å². The van der Waals surface area contributed by atoms with E-state index in [-0.39, 0.29) is 24.7 Å². The zero-order valence-electron chi connectivity index (χ0n) is 27.0. The number of primary amides is 1. The molecule has 3 aromatic carbocycles. The highest BCUT2D eigenvalue weighted by atomic mass is 16.7. The SMILES string of the molecule is C[C@@H]1c2c(-c3ccc4c(c3)OCO4)cc(-c3cccc4c3OCO4)c(O)c2C(=O)C2=C(O)[C@@]3(O)C(=O)C(C(N)=O)=C(O)[C@H](N(C)C)[C@H]3[C@H](O)[C@H]21. The number of phenolic OH excluding ortho intramolecular Hbond substituents is 1. The number of benzene rings is 3. The van der Waals surface area contributed by atoms with Crippen LogP contribution in [-0.4, -0.2) is 93.3 Å². The van der Waals surface area contributed by atoms with E-state index in [9.17, 15) is 39.9 Å². The van der Waals surface area contributed by atoms with Gasteiger partial charge in [0.15, 0.2) is 34.4 Å². The van der Waals surface area contributed by atoms with E-state index < -0.39 is 81.4 Å². The Kier molecular flexibility index (Phi) is 6.79. The van der Waals surface area contributed by atoms with Crippen LogP contribution in [-0.2, 0) is 9.59 Å². The zero-order chi connectivity index (χ0) is 35.5. The zero-order valence-corrected chi connectivity index (χ0v) is 27.0. The van der Waals surface area contributed by atoms with Crippen LogP contribution in [0.4, 0.5) is 0 Å². The molecule has 7 N–H and O–H groups in total. The molecule has 258 valence electrons. The number of hydrogen-bond donors (Lipinski definition) is 6. The number of ether oxygens (including phenoxy) is 4. The van der Waals surface area contributed by atoms with Gasteiger partial charge in [-0.3, -0.25) is 19.3 Å². The van der Waals surface area contributed by atoms with E-state index in [4.69, 9.17) is 24.7 Å². The first-order chi connectivity index (χ1) is 23.8. The van der Waals surface area contributed by atoms with Crippen LogP contribution in [0.15, 0.2) is 65.1 Å². The highest BCUT2D eigenvalue weighted by Crippen LogP contribution is 2.59. The van der Waals surface area contributed by atoms with Crippen molar-refractivity contribution in [2.75, 3.05) is 27.7 Å². The lowest BCUT2D eigenvalue weighted by Gasteiger charge is -2.53. The quantitative estimate of drug-likeness (QED) is 0.218. The Morgan fingerprint density at radius 2 is 1.62 bits per heavy atom. The molecule has 2 aliphatic heterocycles. The summed E-state index contributed by atoms with van der Waals surface area (Å²) in [4.78, 5) is 42.4. The molecule has 0 radical (unpaired) electrons. The van der Waals surface area contributed by atoms with Crippen LogP contribution in [0.25, 0.3) is 22.3 Å². The number of aliphatic hydroxyl groups excluding tert-OH is 3. The van der Waals surface area contributed by atoms with Crippen molar-refractivity contribution >= 4 is 17.5 Å². The summed E-state index contributed by atoms with van der Waals surface area (Å²) >= 11 is 0. The predicted molar refractivity (Wildman–Crippen MR) is 173 cm³/mol. The summed E-state index contributed by atoms with van der Waals surface area (Å²) in [6, 6.07) is 10.6. The molecule has 14 heteroatoms. The molecule has 6 atom stereocenters. The molecule has 0 spiro atoms. The lowest BCUT2D eigenvalue weighted by Crippen LogP contribution is -2.68. The number of carbonyl (C=O) groups excluding carboxylic acids is 3. The normalized spacial score (nSPS) is 27.8. The molecule has 1 amide bonds. The van der Waals surface area contributed by atoms with Crippen molar-refractivity contribution in [2.45, 2.75) is 30.6 Å². The molecule has 8 rings (SSSR count). The van der Waals surface area contributed by atoms with E-state index in [2.05, 4.69) is 0 Å². The van der Waals surface area contributed by atoms with Gasteiger partial charge in [-0.05, 0) is 61.0 Å². The lowest BCUT2D eigenvalue weighted by atomic mass is 9.54. The second-order valence-corrected chi connectivity index (χ2v) is 13.3. The van der Waals surface area contributed by atoms with E-state index >= 15 is 0 Å². The molecule has 0 fully saturated rings. The van der Waals surface area contributed by atoms with Gasteiger partial charge in [-0.15, -0.1) is 0 Å². The van der Waals surface area contributed by atoms with Crippen LogP contribution < -0.4 is 24.7 Å². The number of fused-ring (bicyclic) bond motifs is 5. The van der Waals surface area contributed by atoms with Crippen LogP contribution >= 0.6 is 0 Å². The van der Waals surface area contributed by atoms with Crippen LogP contribution in [0.5, 0.6) is 28.7 Å². The third-order valence-electron chi connectivity index (χ3n) is 10.6. The number of amides is 1. The van der Waals surface area contributed by atoms with Crippen molar-refractivity contribution in [2.24, 2.45) is 17.6 Å². The number of nitrogens with zero attached hydrogens (tertiary/aromatic N) is 1. The maximum absolute atomic E-state index is 14.8. The molecule has 3 aromatic rings. The fraction of sp³-hybridized carbons (Fsp3) is 0.306. The largest absolute Gasteiger partial charge is 0.510 e. The van der Waals surface area contributed by atoms with E-state index in [1.807, 2.05) is 0 Å². The first-order valence-corrected chi connectivity index (χ1v) is 15.8. The Bertz CT molecular complexity index is 2140. The van der Waals surface area contributed by atoms with Crippen LogP contribution in [0.3, 0.4) is 0 Å². The Morgan fingerprint density at radius 3 is 2.34 bits per heavy atom. The Balaban J connectivity index is 1.42. The minimum absolute atomic E-state index is 0.0105. The van der Waals surface area contributed by atoms with Gasteiger partial charge in [0.1, 0.15) is 22.8 Å². The summed E-state index contributed by atoms with van der Waals surface area (Å²) < 4.78 is 22.4. The van der Waals surface area contributed by atoms with Crippen LogP contribution in [0.1, 0.15) is 28.8 Å². The highest BCUT2D eigenvalue weighted by Gasteiger charge is 2.67. The number of hydrogen-bond acceptors (Lipinski definition) is 13. The molecule has 0 aromatic heterocycles. The standard InChI is InChI=1S/C36H32N2O12/c1-13-21-16(14-7-8-18-20(9-14)49-11-47-18)10-17(15-5-4-6-19-32(15)50-12-48-19)28(39)23(21)29(40)24-22(13)30(41)26-27(38(2)3)31(42)25(35(37)45)34(44)36(26,46)33(24)43/h4-10,13,22,26-27,30,39,41-43,46H,11-12H2,1-3H3,(H2,37,45)/t13-,22+,26+,27-,30-,36-/m1/s1. The molecule has 0 saturated heterocycles. The van der Waals surface area contributed by atoms with E-state index in [1.54, 1.807) is 49.4 Å². The number of aliphatic hydroxyl groups is 4. The van der Waals surface area contributed by atoms with Crippen molar-refractivity contribution < 1.29 is 58.9 Å². The van der Waals surface area contributed by atoms with Gasteiger partial charge in [0.2, 0.25) is 19.4 Å². The minimum Gasteiger partial charge on any atom is -0.510 e. The Labute approximate surface area is 284 Å². The van der Waals surface area contributed by atoms with Crippen molar-refractivity contribution in [3.05, 3.63) is 76.3 Å². The van der Waals surface area contributed by atoms with Gasteiger partial charge in [0.25, 0.3) is 5.91 Å². The molecule has 50 heavy (non-hydrogen) atoms. The summed E-state index contributed by atoms with van der Waals surface area (Å²) in [6.45, 7) is 1.63. The van der Waals surface area contributed by atoms with Gasteiger partial charge >= 0.3 is 0 Å². The van der Waals surface area contributed by atoms with Gasteiger partial charge in [-0.1, -0.05) is 25.1 Å². The minimum atomic E-state index is -3.04. The van der Waals surface area contributed by atoms with Gasteiger partial charge in [-0.25, -0.2) is 0 Å². The molecule has 2 heterocycles. The van der Waals surface area contributed by atoms with Crippen LogP contribution in [0.2, 0.25) is 0 Å². The predicted octanol–water partition coefficient (Wildman–Crippen LogP) is 2.44. The fourth-order valence-electron chi connectivity index (χ4n) is 8.42. The number of rotatable bonds is 4. The molecule has 0 unspecified atom stereocenters. The van der Waals surface area contributed by atoms with Gasteiger partial charge in [0, 0.05) is 22.6 Å². The van der Waals surface area contributed by atoms with Crippen molar-refractivity contribution in [3.63, 3.8) is 0 Å². The number of likely N-dealkylation sites (N-methyl/N-ethyl adjacent to an activating group) is 1. The van der Waals surface area contributed by atoms with E-state index in [1.165, 1.54) is 19.0 Å². The molecule has 0 bridgehead atoms. The van der Waals surface area contributed by atoms with Gasteiger partial charge < -0.3 is 50.2 Å². The van der Waals surface area contributed by atoms with Crippen molar-refractivity contribution in [3.8, 4) is 51.0 Å². The molecular formula is C36H32N2O12. The summed E-state index contributed by atoms with van der Waals surface area (Å²) in [6.07, 6.45) is -1.75. The molecular weight excluding hydrogens is 652 g/mol. The number of phenols is 1. The monoisotopic (exact) mass is 684 g/mol. The van der Waals surface area contributed by atoms with Gasteiger partial charge in [-0.2, -0.15) is 0 Å². The number of ketones is 2. The number of Topliss-reactive ketones (excluding diaryl/α,β-unsaturated/α-hetero) is 2. The average Bonchev–Trinajstić information content (AvgIpc) is 3.76. The van der Waals surface area contributed by atoms with Crippen LogP contribution in [0, 0.1) is 11.8 Å². The van der Waals surface area contributed by atoms with Gasteiger partial charge in [0.05, 0.1) is 23.6 Å². The second kappa shape index (κ2) is 10.7. The maximum atomic E-state index is 14.8. The van der Waals surface area contributed by atoms with E-state index in [0.29, 0.717) is 45.3 Å². The molecule has 3 aliphatic carbocycles. The lowest BCUT2D eigenvalue weighted by molar-refractivity contribution is -0.162. The maximum Gasteiger partial charge on any atom is 0.255 e. The number of aromatic hydroxyl groups is 1. The first-order valence-electron chi connectivity index (χ1n) is 15.8. The third kappa shape index (κ3) is 3.97. The molecule has 14 nitrogen and oxygen atoms in total. The molecule has 0 saturated carbocycles. The second-order valence-electron chi connectivity index (χ2n) is 13.3. The first kappa shape index (κ1) is 31.7. The smallest absolute Gasteiger partial charge is 0.255 e. The fourth-order valence-corrected chi connectivity index (χ4v) is 8.42. The number of carbonyl (C=O) groups is 3. The van der Waals surface area contributed by atoms with Crippen molar-refractivity contribution in [1.29, 1.82) is 0 Å². The summed E-state index contributed by atoms with van der Waals surface area (Å²) in [5, 5.41) is 59.3. The summed E-state index contributed by atoms with van der Waals surface area (Å²) in [7, 11) is 2.96. The van der Waals surface area contributed by atoms with E-state index in [0.717, 1.165) is 0 Å². The summed E-state index contributed by atoms with van der Waals surface area (Å²) in [5.74, 6) is -8.23. The Morgan fingerprint density at radius 1 is 0.920 bits per heavy atom. The Hall–Kier alpha value is -5.57.